The SMILES string of the molecule is NC[C@H](c1ccccc1)[C@H](O)c1ccccc1. The molecule has 3 N–H and O–H groups in total. The van der Waals surface area contributed by atoms with Gasteiger partial charge in [0.25, 0.3) is 0 Å². The topological polar surface area (TPSA) is 46.2 Å². The van der Waals surface area contributed by atoms with E-state index < -0.39 is 6.10 Å². The summed E-state index contributed by atoms with van der Waals surface area (Å²) in [5, 5.41) is 10.4. The van der Waals surface area contributed by atoms with Gasteiger partial charge in [-0.3, -0.25) is 0 Å². The van der Waals surface area contributed by atoms with E-state index in [9.17, 15) is 5.11 Å². The Balaban J connectivity index is 2.25. The lowest BCUT2D eigenvalue weighted by atomic mass is 9.89. The van der Waals surface area contributed by atoms with Crippen molar-refractivity contribution in [3.05, 3.63) is 71.8 Å². The molecule has 2 aromatic rings. The molecule has 0 saturated heterocycles. The van der Waals surface area contributed by atoms with Crippen LogP contribution in [0, 0.1) is 0 Å². The Morgan fingerprint density at radius 1 is 0.824 bits per heavy atom. The number of rotatable bonds is 4. The first-order valence-electron chi connectivity index (χ1n) is 5.81. The van der Waals surface area contributed by atoms with Gasteiger partial charge in [0.15, 0.2) is 0 Å². The van der Waals surface area contributed by atoms with Gasteiger partial charge in [-0.05, 0) is 11.1 Å². The smallest absolute Gasteiger partial charge is 0.0870 e. The molecule has 2 aromatic carbocycles. The molecule has 0 bridgehead atoms. The van der Waals surface area contributed by atoms with E-state index in [1.54, 1.807) is 0 Å². The van der Waals surface area contributed by atoms with Crippen molar-refractivity contribution in [1.82, 2.24) is 0 Å². The molecule has 0 aromatic heterocycles. The van der Waals surface area contributed by atoms with Gasteiger partial charge >= 0.3 is 0 Å². The van der Waals surface area contributed by atoms with Crippen molar-refractivity contribution in [3.63, 3.8) is 0 Å². The Labute approximate surface area is 102 Å². The zero-order valence-corrected chi connectivity index (χ0v) is 9.66. The first-order chi connectivity index (χ1) is 8.33. The quantitative estimate of drug-likeness (QED) is 0.842. The van der Waals surface area contributed by atoms with Gasteiger partial charge in [-0.25, -0.2) is 0 Å². The lowest BCUT2D eigenvalue weighted by Gasteiger charge is -2.22. The molecule has 0 aliphatic rings. The first-order valence-corrected chi connectivity index (χ1v) is 5.81. The normalized spacial score (nSPS) is 14.2. The van der Waals surface area contributed by atoms with E-state index >= 15 is 0 Å². The second-order valence-corrected chi connectivity index (χ2v) is 4.11. The molecule has 0 radical (unpaired) electrons. The molecule has 0 amide bonds. The Morgan fingerprint density at radius 2 is 1.29 bits per heavy atom. The van der Waals surface area contributed by atoms with Crippen molar-refractivity contribution in [2.75, 3.05) is 6.54 Å². The van der Waals surface area contributed by atoms with Gasteiger partial charge < -0.3 is 10.8 Å². The monoisotopic (exact) mass is 227 g/mol. The summed E-state index contributed by atoms with van der Waals surface area (Å²) in [6, 6.07) is 19.6. The zero-order valence-electron chi connectivity index (χ0n) is 9.66. The number of hydrogen-bond donors (Lipinski definition) is 2. The third-order valence-electron chi connectivity index (χ3n) is 3.00. The first kappa shape index (κ1) is 11.8. The molecular formula is C15H17NO. The average Bonchev–Trinajstić information content (AvgIpc) is 2.42. The van der Waals surface area contributed by atoms with E-state index in [-0.39, 0.29) is 5.92 Å². The van der Waals surface area contributed by atoms with Crippen LogP contribution in [0.15, 0.2) is 60.7 Å². The van der Waals surface area contributed by atoms with Crippen LogP contribution in [0.2, 0.25) is 0 Å². The molecular weight excluding hydrogens is 210 g/mol. The van der Waals surface area contributed by atoms with Crippen LogP contribution in [-0.4, -0.2) is 11.7 Å². The van der Waals surface area contributed by atoms with Crippen molar-refractivity contribution in [2.24, 2.45) is 5.73 Å². The maximum atomic E-state index is 10.4. The van der Waals surface area contributed by atoms with Crippen LogP contribution in [-0.2, 0) is 0 Å². The molecule has 2 heteroatoms. The fraction of sp³-hybridized carbons (Fsp3) is 0.200. The maximum absolute atomic E-state index is 10.4. The summed E-state index contributed by atoms with van der Waals surface area (Å²) < 4.78 is 0. The summed E-state index contributed by atoms with van der Waals surface area (Å²) in [5.74, 6) is -0.0569. The van der Waals surface area contributed by atoms with Crippen molar-refractivity contribution >= 4 is 0 Å². The van der Waals surface area contributed by atoms with E-state index in [0.717, 1.165) is 11.1 Å². The zero-order chi connectivity index (χ0) is 12.1. The number of hydrogen-bond acceptors (Lipinski definition) is 2. The molecule has 0 aliphatic heterocycles. The van der Waals surface area contributed by atoms with Crippen LogP contribution < -0.4 is 5.73 Å². The van der Waals surface area contributed by atoms with E-state index in [4.69, 9.17) is 5.73 Å². The second-order valence-electron chi connectivity index (χ2n) is 4.11. The molecule has 0 unspecified atom stereocenters. The van der Waals surface area contributed by atoms with Crippen LogP contribution in [0.25, 0.3) is 0 Å². The molecule has 0 aliphatic carbocycles. The van der Waals surface area contributed by atoms with E-state index in [1.807, 2.05) is 60.7 Å². The lowest BCUT2D eigenvalue weighted by Crippen LogP contribution is -2.20. The fourth-order valence-corrected chi connectivity index (χ4v) is 2.03. The molecule has 88 valence electrons. The van der Waals surface area contributed by atoms with Gasteiger partial charge in [0.05, 0.1) is 6.10 Å². The van der Waals surface area contributed by atoms with Gasteiger partial charge in [-0.1, -0.05) is 60.7 Å². The highest BCUT2D eigenvalue weighted by Gasteiger charge is 2.20. The Bertz CT molecular complexity index is 441. The van der Waals surface area contributed by atoms with Crippen LogP contribution in [0.5, 0.6) is 0 Å². The third kappa shape index (κ3) is 2.73. The minimum absolute atomic E-state index is 0.0569. The molecule has 0 saturated carbocycles. The lowest BCUT2D eigenvalue weighted by molar-refractivity contribution is 0.147. The van der Waals surface area contributed by atoms with E-state index in [2.05, 4.69) is 0 Å². The largest absolute Gasteiger partial charge is 0.388 e. The molecule has 2 atom stereocenters. The van der Waals surface area contributed by atoms with Gasteiger partial charge in [0.2, 0.25) is 0 Å². The van der Waals surface area contributed by atoms with Crippen LogP contribution in [0.4, 0.5) is 0 Å². The minimum atomic E-state index is -0.552. The van der Waals surface area contributed by atoms with E-state index in [1.165, 1.54) is 0 Å². The van der Waals surface area contributed by atoms with Crippen LogP contribution in [0.1, 0.15) is 23.1 Å². The maximum Gasteiger partial charge on any atom is 0.0870 e. The summed E-state index contributed by atoms with van der Waals surface area (Å²) in [6.45, 7) is 0.431. The molecule has 2 nitrogen and oxygen atoms in total. The van der Waals surface area contributed by atoms with Crippen molar-refractivity contribution in [2.45, 2.75) is 12.0 Å². The summed E-state index contributed by atoms with van der Waals surface area (Å²) in [5.41, 5.74) is 7.77. The van der Waals surface area contributed by atoms with Crippen molar-refractivity contribution in [1.29, 1.82) is 0 Å². The highest BCUT2D eigenvalue weighted by atomic mass is 16.3. The van der Waals surface area contributed by atoms with Crippen molar-refractivity contribution in [3.8, 4) is 0 Å². The number of aliphatic hydroxyl groups excluding tert-OH is 1. The molecule has 17 heavy (non-hydrogen) atoms. The molecule has 2 rings (SSSR count). The Morgan fingerprint density at radius 3 is 1.76 bits per heavy atom. The van der Waals surface area contributed by atoms with Crippen LogP contribution in [0.3, 0.4) is 0 Å². The summed E-state index contributed by atoms with van der Waals surface area (Å²) in [4.78, 5) is 0. The minimum Gasteiger partial charge on any atom is -0.388 e. The van der Waals surface area contributed by atoms with Crippen LogP contribution >= 0.6 is 0 Å². The molecule has 0 spiro atoms. The fourth-order valence-electron chi connectivity index (χ4n) is 2.03. The standard InChI is InChI=1S/C15H17NO/c16-11-14(12-7-3-1-4-8-12)15(17)13-9-5-2-6-10-13/h1-10,14-15,17H,11,16H2/t14-,15-/m1/s1. The molecule has 0 fully saturated rings. The van der Waals surface area contributed by atoms with Crippen molar-refractivity contribution < 1.29 is 5.11 Å². The number of benzene rings is 2. The van der Waals surface area contributed by atoms with Gasteiger partial charge in [0, 0.05) is 12.5 Å². The predicted molar refractivity (Wildman–Crippen MR) is 69.6 cm³/mol. The summed E-state index contributed by atoms with van der Waals surface area (Å²) in [7, 11) is 0. The Hall–Kier alpha value is -1.64. The molecule has 0 heterocycles. The predicted octanol–water partition coefficient (Wildman–Crippen LogP) is 2.46. The number of nitrogens with two attached hydrogens (primary N) is 1. The highest BCUT2D eigenvalue weighted by Crippen LogP contribution is 2.29. The highest BCUT2D eigenvalue weighted by molar-refractivity contribution is 5.26. The summed E-state index contributed by atoms with van der Waals surface area (Å²) >= 11 is 0. The number of aliphatic hydroxyl groups is 1. The van der Waals surface area contributed by atoms with Gasteiger partial charge in [0.1, 0.15) is 0 Å². The summed E-state index contributed by atoms with van der Waals surface area (Å²) in [6.07, 6.45) is -0.552. The Kier molecular flexibility index (Phi) is 3.91. The second kappa shape index (κ2) is 5.62. The average molecular weight is 227 g/mol. The van der Waals surface area contributed by atoms with Gasteiger partial charge in [-0.2, -0.15) is 0 Å². The third-order valence-corrected chi connectivity index (χ3v) is 3.00. The van der Waals surface area contributed by atoms with Gasteiger partial charge in [-0.15, -0.1) is 0 Å². The van der Waals surface area contributed by atoms with E-state index in [0.29, 0.717) is 6.54 Å².